The van der Waals surface area contributed by atoms with Crippen LogP contribution in [0.4, 0.5) is 0 Å². The molecule has 0 aliphatic heterocycles. The fourth-order valence-electron chi connectivity index (χ4n) is 2.39. The van der Waals surface area contributed by atoms with Crippen molar-refractivity contribution in [3.05, 3.63) is 91.0 Å². The lowest BCUT2D eigenvalue weighted by Gasteiger charge is -2.34. The van der Waals surface area contributed by atoms with Crippen LogP contribution in [0.25, 0.3) is 0 Å². The normalized spacial score (nSPS) is 12.2. The molecule has 0 saturated carbocycles. The van der Waals surface area contributed by atoms with Crippen LogP contribution in [0.2, 0.25) is 0 Å². The van der Waals surface area contributed by atoms with E-state index in [1.807, 2.05) is 91.0 Å². The number of hydrogen-bond donors (Lipinski definition) is 1. The highest BCUT2D eigenvalue weighted by Gasteiger charge is 2.40. The van der Waals surface area contributed by atoms with Crippen LogP contribution in [0.15, 0.2) is 91.0 Å². The van der Waals surface area contributed by atoms with Crippen molar-refractivity contribution >= 4 is 0 Å². The Balaban J connectivity index is 1.95. The second-order valence-corrected chi connectivity index (χ2v) is 5.94. The van der Waals surface area contributed by atoms with Gasteiger partial charge in [-0.1, -0.05) is 54.6 Å². The summed E-state index contributed by atoms with van der Waals surface area (Å²) in [6.45, 7) is 1.70. The average Bonchev–Trinajstić information content (AvgIpc) is 2.69. The van der Waals surface area contributed by atoms with Crippen molar-refractivity contribution in [2.24, 2.45) is 5.73 Å². The van der Waals surface area contributed by atoms with Crippen LogP contribution in [-0.4, -0.2) is 18.8 Å². The quantitative estimate of drug-likeness (QED) is 0.576. The molecule has 0 fully saturated rings. The second-order valence-electron chi connectivity index (χ2n) is 5.94. The Labute approximate surface area is 159 Å². The molecule has 3 aromatic carbocycles. The summed E-state index contributed by atoms with van der Waals surface area (Å²) in [5.41, 5.74) is 5.79. The number of para-hydroxylation sites is 3. The standard InChI is InChI=1S/C22H23NO4/c1-18(23)24-17-22(25-19-11-5-2-6-12-19,26-20-13-7-3-8-14-20)27-21-15-9-4-10-16-21/h2-16,18H,17,23H2,1H3. The molecule has 3 aromatic rings. The van der Waals surface area contributed by atoms with Gasteiger partial charge in [0.1, 0.15) is 23.5 Å². The van der Waals surface area contributed by atoms with Gasteiger partial charge in [-0.3, -0.25) is 0 Å². The van der Waals surface area contributed by atoms with Crippen LogP contribution in [0.3, 0.4) is 0 Å². The van der Waals surface area contributed by atoms with E-state index in [1.165, 1.54) is 0 Å². The van der Waals surface area contributed by atoms with Gasteiger partial charge in [0, 0.05) is 0 Å². The molecule has 27 heavy (non-hydrogen) atoms. The predicted octanol–water partition coefficient (Wildman–Crippen LogP) is 4.20. The first-order chi connectivity index (χ1) is 13.2. The molecule has 0 amide bonds. The zero-order chi connectivity index (χ0) is 19.0. The maximum atomic E-state index is 6.14. The molecule has 0 spiro atoms. The Kier molecular flexibility index (Phi) is 6.30. The van der Waals surface area contributed by atoms with Crippen molar-refractivity contribution in [2.75, 3.05) is 6.61 Å². The maximum absolute atomic E-state index is 6.14. The third-order valence-corrected chi connectivity index (χ3v) is 3.57. The molecular formula is C22H23NO4. The van der Waals surface area contributed by atoms with Crippen LogP contribution < -0.4 is 19.9 Å². The van der Waals surface area contributed by atoms with Gasteiger partial charge in [0.15, 0.2) is 6.61 Å². The van der Waals surface area contributed by atoms with Gasteiger partial charge in [-0.15, -0.1) is 0 Å². The Bertz CT molecular complexity index is 693. The largest absolute Gasteiger partial charge is 0.442 e. The van der Waals surface area contributed by atoms with E-state index < -0.39 is 12.2 Å². The first-order valence-electron chi connectivity index (χ1n) is 8.75. The second kappa shape index (κ2) is 9.07. The summed E-state index contributed by atoms with van der Waals surface area (Å²) < 4.78 is 24.0. The van der Waals surface area contributed by atoms with Crippen molar-refractivity contribution in [1.29, 1.82) is 0 Å². The minimum Gasteiger partial charge on any atom is -0.419 e. The van der Waals surface area contributed by atoms with E-state index in [9.17, 15) is 0 Å². The predicted molar refractivity (Wildman–Crippen MR) is 104 cm³/mol. The van der Waals surface area contributed by atoms with Crippen LogP contribution >= 0.6 is 0 Å². The number of ether oxygens (including phenoxy) is 4. The molecule has 0 radical (unpaired) electrons. The molecule has 0 aliphatic rings. The fraction of sp³-hybridized carbons (Fsp3) is 0.182. The number of rotatable bonds is 9. The van der Waals surface area contributed by atoms with Gasteiger partial charge in [0.25, 0.3) is 0 Å². The molecule has 1 atom stereocenters. The van der Waals surface area contributed by atoms with Gasteiger partial charge in [0.05, 0.1) is 0 Å². The molecule has 0 aliphatic carbocycles. The summed E-state index contributed by atoms with van der Waals surface area (Å²) >= 11 is 0. The molecule has 3 rings (SSSR count). The van der Waals surface area contributed by atoms with E-state index in [-0.39, 0.29) is 6.61 Å². The molecule has 0 heterocycles. The highest BCUT2D eigenvalue weighted by molar-refractivity contribution is 5.26. The van der Waals surface area contributed by atoms with Crippen LogP contribution in [0, 0.1) is 0 Å². The molecule has 140 valence electrons. The minimum atomic E-state index is -1.56. The lowest BCUT2D eigenvalue weighted by molar-refractivity contribution is -0.282. The van der Waals surface area contributed by atoms with Crippen molar-refractivity contribution < 1.29 is 18.9 Å². The van der Waals surface area contributed by atoms with E-state index >= 15 is 0 Å². The van der Waals surface area contributed by atoms with Gasteiger partial charge in [-0.2, -0.15) is 0 Å². The molecule has 5 heteroatoms. The maximum Gasteiger partial charge on any atom is 0.442 e. The number of benzene rings is 3. The summed E-state index contributed by atoms with van der Waals surface area (Å²) in [5.74, 6) is 0.186. The van der Waals surface area contributed by atoms with E-state index in [2.05, 4.69) is 0 Å². The summed E-state index contributed by atoms with van der Waals surface area (Å²) in [5, 5.41) is 0. The first kappa shape index (κ1) is 18.8. The van der Waals surface area contributed by atoms with E-state index in [0.717, 1.165) is 0 Å². The summed E-state index contributed by atoms with van der Waals surface area (Å²) in [6.07, 6.45) is -0.512. The van der Waals surface area contributed by atoms with E-state index in [0.29, 0.717) is 17.2 Å². The van der Waals surface area contributed by atoms with Crippen molar-refractivity contribution in [1.82, 2.24) is 0 Å². The molecule has 0 aromatic heterocycles. The topological polar surface area (TPSA) is 62.9 Å². The monoisotopic (exact) mass is 365 g/mol. The third kappa shape index (κ3) is 5.74. The van der Waals surface area contributed by atoms with Gasteiger partial charge in [-0.25, -0.2) is 0 Å². The van der Waals surface area contributed by atoms with Crippen molar-refractivity contribution in [2.45, 2.75) is 19.1 Å². The van der Waals surface area contributed by atoms with Crippen LogP contribution in [0.5, 0.6) is 17.2 Å². The molecular weight excluding hydrogens is 342 g/mol. The average molecular weight is 365 g/mol. The van der Waals surface area contributed by atoms with Gasteiger partial charge >= 0.3 is 5.97 Å². The lowest BCUT2D eigenvalue weighted by atomic mass is 10.3. The smallest absolute Gasteiger partial charge is 0.419 e. The van der Waals surface area contributed by atoms with E-state index in [4.69, 9.17) is 24.7 Å². The minimum absolute atomic E-state index is 0.0383. The summed E-state index contributed by atoms with van der Waals surface area (Å²) in [7, 11) is 0. The third-order valence-electron chi connectivity index (χ3n) is 3.57. The van der Waals surface area contributed by atoms with Gasteiger partial charge < -0.3 is 24.7 Å². The van der Waals surface area contributed by atoms with Crippen molar-refractivity contribution in [3.63, 3.8) is 0 Å². The zero-order valence-corrected chi connectivity index (χ0v) is 15.2. The van der Waals surface area contributed by atoms with E-state index in [1.54, 1.807) is 6.92 Å². The molecule has 1 unspecified atom stereocenters. The Morgan fingerprint density at radius 2 is 1.00 bits per heavy atom. The highest BCUT2D eigenvalue weighted by Crippen LogP contribution is 2.27. The molecule has 0 bridgehead atoms. The Hall–Kier alpha value is -3.02. The van der Waals surface area contributed by atoms with Crippen LogP contribution in [-0.2, 0) is 4.74 Å². The molecule has 0 saturated heterocycles. The highest BCUT2D eigenvalue weighted by atomic mass is 16.9. The Morgan fingerprint density at radius 3 is 1.30 bits per heavy atom. The van der Waals surface area contributed by atoms with Crippen LogP contribution in [0.1, 0.15) is 6.92 Å². The SMILES string of the molecule is CC(N)OCC(Oc1ccccc1)(Oc1ccccc1)Oc1ccccc1. The summed E-state index contributed by atoms with van der Waals surface area (Å²) in [4.78, 5) is 0. The summed E-state index contributed by atoms with van der Waals surface area (Å²) in [6, 6.07) is 27.9. The Morgan fingerprint density at radius 1 is 0.667 bits per heavy atom. The van der Waals surface area contributed by atoms with Gasteiger partial charge in [0.2, 0.25) is 0 Å². The van der Waals surface area contributed by atoms with Gasteiger partial charge in [-0.05, 0) is 43.3 Å². The first-order valence-corrected chi connectivity index (χ1v) is 8.75. The molecule has 5 nitrogen and oxygen atoms in total. The van der Waals surface area contributed by atoms with Crippen molar-refractivity contribution in [3.8, 4) is 17.2 Å². The molecule has 2 N–H and O–H groups in total. The fourth-order valence-corrected chi connectivity index (χ4v) is 2.39. The number of hydrogen-bond acceptors (Lipinski definition) is 5. The number of nitrogens with two attached hydrogens (primary N) is 1. The lowest BCUT2D eigenvalue weighted by Crippen LogP contribution is -2.53. The zero-order valence-electron chi connectivity index (χ0n) is 15.2.